The number of hydrogen-bond acceptors (Lipinski definition) is 2. The van der Waals surface area contributed by atoms with Crippen molar-refractivity contribution in [2.24, 2.45) is 0 Å². The molecule has 3 heteroatoms. The van der Waals surface area contributed by atoms with Crippen LogP contribution in [0.25, 0.3) is 10.9 Å². The first-order valence-corrected chi connectivity index (χ1v) is 7.06. The molecule has 1 unspecified atom stereocenters. The summed E-state index contributed by atoms with van der Waals surface area (Å²) in [6.07, 6.45) is 2.61. The Balaban J connectivity index is 1.72. The molecule has 0 fully saturated rings. The summed E-state index contributed by atoms with van der Waals surface area (Å²) in [5.41, 5.74) is 2.96. The molecule has 0 bridgehead atoms. The summed E-state index contributed by atoms with van der Waals surface area (Å²) in [5.74, 6) is -0.188. The minimum atomic E-state index is -0.188. The number of rotatable bonds is 4. The van der Waals surface area contributed by atoms with Gasteiger partial charge in [0.15, 0.2) is 0 Å². The quantitative estimate of drug-likeness (QED) is 0.765. The topological polar surface area (TPSA) is 24.9 Å². The molecule has 0 amide bonds. The van der Waals surface area contributed by atoms with E-state index in [-0.39, 0.29) is 11.9 Å². The van der Waals surface area contributed by atoms with Crippen LogP contribution in [-0.4, -0.2) is 11.0 Å². The number of pyridine rings is 1. The first-order chi connectivity index (χ1) is 10.2. The molecule has 2 aromatic carbocycles. The molecule has 3 rings (SSSR count). The second-order valence-corrected chi connectivity index (χ2v) is 5.30. The molecule has 1 N–H and O–H groups in total. The van der Waals surface area contributed by atoms with Crippen molar-refractivity contribution in [3.8, 4) is 0 Å². The molecule has 1 atom stereocenters. The Morgan fingerprint density at radius 1 is 1.10 bits per heavy atom. The number of benzene rings is 2. The number of halogens is 1. The van der Waals surface area contributed by atoms with E-state index in [2.05, 4.69) is 23.3 Å². The van der Waals surface area contributed by atoms with Crippen molar-refractivity contribution < 1.29 is 4.39 Å². The molecule has 0 saturated heterocycles. The van der Waals surface area contributed by atoms with Crippen molar-refractivity contribution >= 4 is 16.6 Å². The predicted octanol–water partition coefficient (Wildman–Crippen LogP) is 4.42. The lowest BCUT2D eigenvalue weighted by molar-refractivity contribution is 0.624. The van der Waals surface area contributed by atoms with Gasteiger partial charge in [0.05, 0.1) is 17.4 Å². The van der Waals surface area contributed by atoms with E-state index in [1.54, 1.807) is 12.1 Å². The summed E-state index contributed by atoms with van der Waals surface area (Å²) in [6, 6.07) is 17.1. The summed E-state index contributed by atoms with van der Waals surface area (Å²) in [4.78, 5) is 4.43. The number of fused-ring (bicyclic) bond motifs is 1. The van der Waals surface area contributed by atoms with Crippen LogP contribution in [0.4, 0.5) is 10.1 Å². The van der Waals surface area contributed by atoms with E-state index in [0.717, 1.165) is 28.6 Å². The van der Waals surface area contributed by atoms with Gasteiger partial charge in [-0.25, -0.2) is 4.39 Å². The Bertz CT molecular complexity index is 755. The van der Waals surface area contributed by atoms with Crippen LogP contribution in [0, 0.1) is 5.82 Å². The Hall–Kier alpha value is -2.42. The normalized spacial score (nSPS) is 12.3. The SMILES string of the molecule is CC(Cc1cccc(F)c1)Nc1cnc2ccccc2c1. The smallest absolute Gasteiger partial charge is 0.123 e. The van der Waals surface area contributed by atoms with E-state index in [4.69, 9.17) is 0 Å². The Morgan fingerprint density at radius 2 is 1.95 bits per heavy atom. The second-order valence-electron chi connectivity index (χ2n) is 5.30. The highest BCUT2D eigenvalue weighted by Gasteiger charge is 2.05. The molecule has 0 radical (unpaired) electrons. The van der Waals surface area contributed by atoms with Crippen molar-refractivity contribution in [1.82, 2.24) is 4.98 Å². The van der Waals surface area contributed by atoms with Crippen LogP contribution in [0.2, 0.25) is 0 Å². The summed E-state index contributed by atoms with van der Waals surface area (Å²) in [6.45, 7) is 2.08. The lowest BCUT2D eigenvalue weighted by Crippen LogP contribution is -2.18. The average molecular weight is 280 g/mol. The van der Waals surface area contributed by atoms with Gasteiger partial charge in [0.25, 0.3) is 0 Å². The number of nitrogens with zero attached hydrogens (tertiary/aromatic N) is 1. The van der Waals surface area contributed by atoms with E-state index >= 15 is 0 Å². The number of para-hydroxylation sites is 1. The van der Waals surface area contributed by atoms with E-state index in [1.165, 1.54) is 6.07 Å². The van der Waals surface area contributed by atoms with Crippen LogP contribution in [0.5, 0.6) is 0 Å². The molecule has 0 spiro atoms. The van der Waals surface area contributed by atoms with Crippen LogP contribution in [-0.2, 0) is 6.42 Å². The van der Waals surface area contributed by atoms with E-state index in [9.17, 15) is 4.39 Å². The standard InChI is InChI=1S/C18H17FN2/c1-13(9-14-5-4-7-16(19)10-14)21-17-11-15-6-2-3-8-18(15)20-12-17/h2-8,10-13,21H,9H2,1H3. The molecule has 0 aliphatic carbocycles. The van der Waals surface area contributed by atoms with Crippen molar-refractivity contribution in [2.45, 2.75) is 19.4 Å². The highest BCUT2D eigenvalue weighted by atomic mass is 19.1. The predicted molar refractivity (Wildman–Crippen MR) is 84.9 cm³/mol. The van der Waals surface area contributed by atoms with Crippen molar-refractivity contribution in [1.29, 1.82) is 0 Å². The van der Waals surface area contributed by atoms with Gasteiger partial charge in [-0.3, -0.25) is 4.98 Å². The van der Waals surface area contributed by atoms with Crippen molar-refractivity contribution in [3.63, 3.8) is 0 Å². The third-order valence-electron chi connectivity index (χ3n) is 3.43. The van der Waals surface area contributed by atoms with Gasteiger partial charge < -0.3 is 5.32 Å². The molecule has 0 aliphatic rings. The maximum atomic E-state index is 13.2. The second kappa shape index (κ2) is 5.92. The maximum Gasteiger partial charge on any atom is 0.123 e. The van der Waals surface area contributed by atoms with E-state index in [0.29, 0.717) is 0 Å². The van der Waals surface area contributed by atoms with Crippen molar-refractivity contribution in [2.75, 3.05) is 5.32 Å². The molecule has 2 nitrogen and oxygen atoms in total. The number of nitrogens with one attached hydrogen (secondary N) is 1. The summed E-state index contributed by atoms with van der Waals surface area (Å²) in [7, 11) is 0. The molecular weight excluding hydrogens is 263 g/mol. The molecule has 0 saturated carbocycles. The minimum absolute atomic E-state index is 0.188. The van der Waals surface area contributed by atoms with E-state index in [1.807, 2.05) is 36.5 Å². The fourth-order valence-electron chi connectivity index (χ4n) is 2.50. The largest absolute Gasteiger partial charge is 0.381 e. The van der Waals surface area contributed by atoms with E-state index < -0.39 is 0 Å². The first-order valence-electron chi connectivity index (χ1n) is 7.06. The zero-order chi connectivity index (χ0) is 14.7. The Morgan fingerprint density at radius 3 is 2.81 bits per heavy atom. The zero-order valence-electron chi connectivity index (χ0n) is 11.9. The van der Waals surface area contributed by atoms with Gasteiger partial charge in [0.1, 0.15) is 5.82 Å². The highest BCUT2D eigenvalue weighted by Crippen LogP contribution is 2.17. The van der Waals surface area contributed by atoms with Gasteiger partial charge in [-0.15, -0.1) is 0 Å². The lowest BCUT2D eigenvalue weighted by Gasteiger charge is -2.15. The first kappa shape index (κ1) is 13.6. The van der Waals surface area contributed by atoms with Crippen LogP contribution in [0.3, 0.4) is 0 Å². The summed E-state index contributed by atoms with van der Waals surface area (Å²) in [5, 5.41) is 4.53. The minimum Gasteiger partial charge on any atom is -0.381 e. The number of aromatic nitrogens is 1. The van der Waals surface area contributed by atoms with Gasteiger partial charge >= 0.3 is 0 Å². The van der Waals surface area contributed by atoms with Crippen LogP contribution >= 0.6 is 0 Å². The number of anilines is 1. The van der Waals surface area contributed by atoms with Crippen LogP contribution < -0.4 is 5.32 Å². The average Bonchev–Trinajstić information content (AvgIpc) is 2.47. The third-order valence-corrected chi connectivity index (χ3v) is 3.43. The van der Waals surface area contributed by atoms with Gasteiger partial charge in [0.2, 0.25) is 0 Å². The molecule has 1 aromatic heterocycles. The number of hydrogen-bond donors (Lipinski definition) is 1. The summed E-state index contributed by atoms with van der Waals surface area (Å²) >= 11 is 0. The van der Waals surface area contributed by atoms with Gasteiger partial charge in [0, 0.05) is 11.4 Å². The fourth-order valence-corrected chi connectivity index (χ4v) is 2.50. The maximum absolute atomic E-state index is 13.2. The van der Waals surface area contributed by atoms with Crippen LogP contribution in [0.15, 0.2) is 60.8 Å². The Kier molecular flexibility index (Phi) is 3.82. The van der Waals surface area contributed by atoms with Gasteiger partial charge in [-0.1, -0.05) is 30.3 Å². The molecule has 3 aromatic rings. The third kappa shape index (κ3) is 3.37. The monoisotopic (exact) mass is 280 g/mol. The molecule has 0 aliphatic heterocycles. The highest BCUT2D eigenvalue weighted by molar-refractivity contribution is 5.81. The molecule has 21 heavy (non-hydrogen) atoms. The summed E-state index contributed by atoms with van der Waals surface area (Å²) < 4.78 is 13.2. The molecular formula is C18H17FN2. The zero-order valence-corrected chi connectivity index (χ0v) is 11.9. The lowest BCUT2D eigenvalue weighted by atomic mass is 10.1. The van der Waals surface area contributed by atoms with Gasteiger partial charge in [-0.2, -0.15) is 0 Å². The molecule has 106 valence electrons. The molecule has 1 heterocycles. The fraction of sp³-hybridized carbons (Fsp3) is 0.167. The van der Waals surface area contributed by atoms with Crippen LogP contribution in [0.1, 0.15) is 12.5 Å². The Labute approximate surface area is 123 Å². The van der Waals surface area contributed by atoms with Gasteiger partial charge in [-0.05, 0) is 43.2 Å². The van der Waals surface area contributed by atoms with Crippen molar-refractivity contribution in [3.05, 3.63) is 72.2 Å².